The van der Waals surface area contributed by atoms with Gasteiger partial charge in [0.1, 0.15) is 5.75 Å². The minimum absolute atomic E-state index is 0.0633. The monoisotopic (exact) mass is 418 g/mol. The molecule has 0 radical (unpaired) electrons. The molecule has 138 valence electrons. The van der Waals surface area contributed by atoms with E-state index in [0.717, 1.165) is 6.42 Å². The third kappa shape index (κ3) is 5.08. The van der Waals surface area contributed by atoms with E-state index in [4.69, 9.17) is 4.74 Å². The zero-order chi connectivity index (χ0) is 19.1. The minimum Gasteiger partial charge on any atom is -0.493 e. The smallest absolute Gasteiger partial charge is 0.255 e. The fourth-order valence-electron chi connectivity index (χ4n) is 2.30. The molecule has 2 aromatic carbocycles. The lowest BCUT2D eigenvalue weighted by Gasteiger charge is -2.15. The molecule has 1 atom stereocenters. The second-order valence-corrected chi connectivity index (χ2v) is 6.72. The molecule has 0 bridgehead atoms. The molecule has 0 aliphatic heterocycles. The number of hydrogen-bond acceptors (Lipinski definition) is 3. The van der Waals surface area contributed by atoms with Crippen molar-refractivity contribution in [2.24, 2.45) is 0 Å². The first kappa shape index (κ1) is 20.0. The van der Waals surface area contributed by atoms with E-state index >= 15 is 0 Å². The molecule has 5 nitrogen and oxygen atoms in total. The van der Waals surface area contributed by atoms with Gasteiger partial charge in [-0.2, -0.15) is 0 Å². The molecule has 0 aliphatic rings. The number of nitrogens with one attached hydrogen (secondary N) is 2. The van der Waals surface area contributed by atoms with Crippen LogP contribution < -0.4 is 15.4 Å². The summed E-state index contributed by atoms with van der Waals surface area (Å²) in [5, 5.41) is 5.73. The fraction of sp³-hybridized carbons (Fsp3) is 0.300. The van der Waals surface area contributed by atoms with Crippen LogP contribution in [0, 0.1) is 0 Å². The number of halogens is 1. The molecule has 0 spiro atoms. The largest absolute Gasteiger partial charge is 0.493 e. The number of para-hydroxylation sites is 1. The molecule has 0 fully saturated rings. The summed E-state index contributed by atoms with van der Waals surface area (Å²) in [5.41, 5.74) is 1.38. The van der Waals surface area contributed by atoms with Crippen molar-refractivity contribution in [3.63, 3.8) is 0 Å². The van der Waals surface area contributed by atoms with Gasteiger partial charge >= 0.3 is 0 Å². The molecule has 6 heteroatoms. The van der Waals surface area contributed by atoms with Crippen LogP contribution in [0.2, 0.25) is 0 Å². The molecule has 0 saturated carbocycles. The Kier molecular flexibility index (Phi) is 7.21. The van der Waals surface area contributed by atoms with Crippen molar-refractivity contribution in [1.29, 1.82) is 0 Å². The van der Waals surface area contributed by atoms with Crippen LogP contribution in [0.15, 0.2) is 46.9 Å². The Morgan fingerprint density at radius 3 is 2.50 bits per heavy atom. The third-order valence-corrected chi connectivity index (χ3v) is 4.52. The maximum Gasteiger partial charge on any atom is 0.255 e. The summed E-state index contributed by atoms with van der Waals surface area (Å²) >= 11 is 3.41. The summed E-state index contributed by atoms with van der Waals surface area (Å²) in [5.74, 6) is 0.179. The van der Waals surface area contributed by atoms with Crippen molar-refractivity contribution in [1.82, 2.24) is 5.32 Å². The summed E-state index contributed by atoms with van der Waals surface area (Å²) in [6, 6.07) is 12.2. The predicted molar refractivity (Wildman–Crippen MR) is 107 cm³/mol. The van der Waals surface area contributed by atoms with E-state index in [2.05, 4.69) is 26.6 Å². The molecule has 2 aromatic rings. The van der Waals surface area contributed by atoms with Gasteiger partial charge in [0.25, 0.3) is 11.8 Å². The van der Waals surface area contributed by atoms with Gasteiger partial charge in [0.2, 0.25) is 0 Å². The van der Waals surface area contributed by atoms with Crippen molar-refractivity contribution < 1.29 is 14.3 Å². The molecule has 2 N–H and O–H groups in total. The van der Waals surface area contributed by atoms with Gasteiger partial charge in [0.15, 0.2) is 0 Å². The van der Waals surface area contributed by atoms with E-state index in [9.17, 15) is 9.59 Å². The van der Waals surface area contributed by atoms with Crippen LogP contribution in [0.4, 0.5) is 5.69 Å². The molecular formula is C20H23BrN2O3. The highest BCUT2D eigenvalue weighted by Gasteiger charge is 2.16. The molecule has 26 heavy (non-hydrogen) atoms. The first-order valence-electron chi connectivity index (χ1n) is 8.59. The molecular weight excluding hydrogens is 396 g/mol. The van der Waals surface area contributed by atoms with Gasteiger partial charge in [-0.05, 0) is 66.5 Å². The van der Waals surface area contributed by atoms with E-state index in [0.29, 0.717) is 33.6 Å². The fourth-order valence-corrected chi connectivity index (χ4v) is 2.80. The molecule has 2 rings (SSSR count). The minimum atomic E-state index is -0.294. The number of anilines is 1. The van der Waals surface area contributed by atoms with Crippen LogP contribution >= 0.6 is 15.9 Å². The summed E-state index contributed by atoms with van der Waals surface area (Å²) in [7, 11) is 0. The van der Waals surface area contributed by atoms with Crippen LogP contribution in [0.1, 0.15) is 47.9 Å². The van der Waals surface area contributed by atoms with Crippen molar-refractivity contribution >= 4 is 33.4 Å². The van der Waals surface area contributed by atoms with E-state index in [1.54, 1.807) is 42.5 Å². The maximum absolute atomic E-state index is 12.6. The van der Waals surface area contributed by atoms with Gasteiger partial charge in [0.05, 0.1) is 22.3 Å². The second-order valence-electron chi connectivity index (χ2n) is 5.86. The Bertz CT molecular complexity index is 792. The Labute approximate surface area is 162 Å². The van der Waals surface area contributed by atoms with Crippen LogP contribution in [-0.4, -0.2) is 24.5 Å². The average molecular weight is 419 g/mol. The van der Waals surface area contributed by atoms with E-state index < -0.39 is 0 Å². The number of hydrogen-bond donors (Lipinski definition) is 2. The lowest BCUT2D eigenvalue weighted by atomic mass is 10.1. The van der Waals surface area contributed by atoms with Crippen LogP contribution in [-0.2, 0) is 0 Å². The van der Waals surface area contributed by atoms with E-state index in [1.807, 2.05) is 20.8 Å². The predicted octanol–water partition coefficient (Wildman–Crippen LogP) is 4.63. The number of rotatable bonds is 7. The first-order valence-corrected chi connectivity index (χ1v) is 9.39. The topological polar surface area (TPSA) is 67.4 Å². The Morgan fingerprint density at radius 1 is 1.12 bits per heavy atom. The Morgan fingerprint density at radius 2 is 1.85 bits per heavy atom. The SMILES string of the molecule is CCOc1ccc(C(=O)Nc2ccccc2C(=O)NC(C)CC)cc1Br. The van der Waals surface area contributed by atoms with Crippen LogP contribution in [0.3, 0.4) is 0 Å². The third-order valence-electron chi connectivity index (χ3n) is 3.90. The van der Waals surface area contributed by atoms with Crippen LogP contribution in [0.5, 0.6) is 5.75 Å². The number of amides is 2. The molecule has 0 aliphatic carbocycles. The van der Waals surface area contributed by atoms with Crippen LogP contribution in [0.25, 0.3) is 0 Å². The molecule has 0 heterocycles. The van der Waals surface area contributed by atoms with Crippen molar-refractivity contribution in [2.45, 2.75) is 33.2 Å². The molecule has 2 amide bonds. The molecule has 0 saturated heterocycles. The summed E-state index contributed by atoms with van der Waals surface area (Å²) < 4.78 is 6.16. The second kappa shape index (κ2) is 9.38. The zero-order valence-corrected chi connectivity index (χ0v) is 16.7. The van der Waals surface area contributed by atoms with Crippen molar-refractivity contribution in [3.8, 4) is 5.75 Å². The van der Waals surface area contributed by atoms with Gasteiger partial charge in [0, 0.05) is 11.6 Å². The highest BCUT2D eigenvalue weighted by atomic mass is 79.9. The number of benzene rings is 2. The average Bonchev–Trinajstić information content (AvgIpc) is 2.63. The van der Waals surface area contributed by atoms with Gasteiger partial charge in [-0.1, -0.05) is 19.1 Å². The molecule has 0 aromatic heterocycles. The van der Waals surface area contributed by atoms with Gasteiger partial charge in [-0.25, -0.2) is 0 Å². The maximum atomic E-state index is 12.6. The van der Waals surface area contributed by atoms with Gasteiger partial charge in [-0.3, -0.25) is 9.59 Å². The van der Waals surface area contributed by atoms with Gasteiger partial charge < -0.3 is 15.4 Å². The van der Waals surface area contributed by atoms with E-state index in [-0.39, 0.29) is 17.9 Å². The normalized spacial score (nSPS) is 11.5. The lowest BCUT2D eigenvalue weighted by Crippen LogP contribution is -2.32. The van der Waals surface area contributed by atoms with Gasteiger partial charge in [-0.15, -0.1) is 0 Å². The number of carbonyl (C=O) groups is 2. The Balaban J connectivity index is 2.19. The summed E-state index contributed by atoms with van der Waals surface area (Å²) in [6.07, 6.45) is 0.834. The highest BCUT2D eigenvalue weighted by Crippen LogP contribution is 2.26. The number of carbonyl (C=O) groups excluding carboxylic acids is 2. The molecule has 1 unspecified atom stereocenters. The summed E-state index contributed by atoms with van der Waals surface area (Å²) in [6.45, 7) is 6.39. The van der Waals surface area contributed by atoms with E-state index in [1.165, 1.54) is 0 Å². The lowest BCUT2D eigenvalue weighted by molar-refractivity contribution is 0.0940. The quantitative estimate of drug-likeness (QED) is 0.688. The number of ether oxygens (including phenoxy) is 1. The highest BCUT2D eigenvalue weighted by molar-refractivity contribution is 9.10. The van der Waals surface area contributed by atoms with Crippen molar-refractivity contribution in [2.75, 3.05) is 11.9 Å². The zero-order valence-electron chi connectivity index (χ0n) is 15.1. The standard InChI is InChI=1S/C20H23BrN2O3/c1-4-13(3)22-20(25)15-8-6-7-9-17(15)23-19(24)14-10-11-18(26-5-2)16(21)12-14/h6-13H,4-5H2,1-3H3,(H,22,25)(H,23,24). The Hall–Kier alpha value is -2.34. The van der Waals surface area contributed by atoms with Crippen molar-refractivity contribution in [3.05, 3.63) is 58.1 Å². The summed E-state index contributed by atoms with van der Waals surface area (Å²) in [4.78, 5) is 25.0. The first-order chi connectivity index (χ1) is 12.5.